The molecule has 3 nitrogen and oxygen atoms in total. The van der Waals surface area contributed by atoms with Crippen molar-refractivity contribution in [1.29, 1.82) is 0 Å². The van der Waals surface area contributed by atoms with E-state index in [-0.39, 0.29) is 5.97 Å². The molecule has 0 unspecified atom stereocenters. The highest BCUT2D eigenvalue weighted by molar-refractivity contribution is 5.92. The van der Waals surface area contributed by atoms with Crippen LogP contribution >= 0.6 is 0 Å². The van der Waals surface area contributed by atoms with Gasteiger partial charge in [-0.15, -0.1) is 0 Å². The first-order valence-corrected chi connectivity index (χ1v) is 7.15. The normalized spacial score (nSPS) is 18.5. The third-order valence-electron chi connectivity index (χ3n) is 4.32. The summed E-state index contributed by atoms with van der Waals surface area (Å²) in [6, 6.07) is 6.43. The number of carbonyl (C=O) groups is 1. The molecule has 1 aromatic carbocycles. The number of hydrogen-bond acceptors (Lipinski definition) is 3. The lowest BCUT2D eigenvalue weighted by molar-refractivity contribution is 0.0600. The zero-order valence-corrected chi connectivity index (χ0v) is 11.6. The zero-order chi connectivity index (χ0) is 13.4. The Labute approximate surface area is 114 Å². The molecule has 2 aliphatic carbocycles. The first kappa shape index (κ1) is 12.5. The van der Waals surface area contributed by atoms with E-state index in [9.17, 15) is 4.79 Å². The average molecular weight is 259 g/mol. The molecule has 1 N–H and O–H groups in total. The highest BCUT2D eigenvalue weighted by Crippen LogP contribution is 2.46. The average Bonchev–Trinajstić information content (AvgIpc) is 3.29. The van der Waals surface area contributed by atoms with Crippen LogP contribution in [-0.4, -0.2) is 19.1 Å². The molecule has 0 radical (unpaired) electrons. The van der Waals surface area contributed by atoms with Gasteiger partial charge in [0.25, 0.3) is 0 Å². The van der Waals surface area contributed by atoms with Gasteiger partial charge in [0.15, 0.2) is 0 Å². The summed E-state index contributed by atoms with van der Waals surface area (Å²) in [7, 11) is 1.43. The molecule has 19 heavy (non-hydrogen) atoms. The quantitative estimate of drug-likeness (QED) is 0.824. The van der Waals surface area contributed by atoms with Gasteiger partial charge in [-0.05, 0) is 62.1 Å². The molecule has 0 bridgehead atoms. The summed E-state index contributed by atoms with van der Waals surface area (Å²) < 4.78 is 4.83. The van der Waals surface area contributed by atoms with E-state index in [4.69, 9.17) is 4.74 Å². The van der Waals surface area contributed by atoms with Crippen LogP contribution in [0, 0.1) is 18.8 Å². The maximum absolute atomic E-state index is 11.7. The van der Waals surface area contributed by atoms with Crippen LogP contribution in [0.1, 0.15) is 41.6 Å². The van der Waals surface area contributed by atoms with Crippen molar-refractivity contribution in [3.05, 3.63) is 29.3 Å². The maximum Gasteiger partial charge on any atom is 0.338 e. The SMILES string of the molecule is COC(=O)c1cccc(NC(C2CC2)C2CC2)c1C. The van der Waals surface area contributed by atoms with Gasteiger partial charge in [-0.2, -0.15) is 0 Å². The predicted molar refractivity (Wildman–Crippen MR) is 75.4 cm³/mol. The largest absolute Gasteiger partial charge is 0.465 e. The van der Waals surface area contributed by atoms with Crippen LogP contribution in [0.3, 0.4) is 0 Å². The van der Waals surface area contributed by atoms with Gasteiger partial charge in [0.1, 0.15) is 0 Å². The molecule has 0 amide bonds. The van der Waals surface area contributed by atoms with Crippen LogP contribution in [0.5, 0.6) is 0 Å². The van der Waals surface area contributed by atoms with Crippen LogP contribution in [0.4, 0.5) is 5.69 Å². The van der Waals surface area contributed by atoms with Gasteiger partial charge in [-0.1, -0.05) is 6.07 Å². The fraction of sp³-hybridized carbons (Fsp3) is 0.562. The Bertz CT molecular complexity index is 478. The lowest BCUT2D eigenvalue weighted by Crippen LogP contribution is -2.25. The topological polar surface area (TPSA) is 38.3 Å². The minimum atomic E-state index is -0.254. The fourth-order valence-corrected chi connectivity index (χ4v) is 2.83. The van der Waals surface area contributed by atoms with Gasteiger partial charge in [0, 0.05) is 11.7 Å². The Morgan fingerprint density at radius 3 is 2.42 bits per heavy atom. The summed E-state index contributed by atoms with van der Waals surface area (Å²) in [5.41, 5.74) is 2.75. The molecule has 0 aromatic heterocycles. The molecule has 0 atom stereocenters. The lowest BCUT2D eigenvalue weighted by atomic mass is 10.0. The van der Waals surface area contributed by atoms with E-state index >= 15 is 0 Å². The van der Waals surface area contributed by atoms with Crippen LogP contribution in [0.2, 0.25) is 0 Å². The number of esters is 1. The van der Waals surface area contributed by atoms with Gasteiger partial charge in [-0.25, -0.2) is 4.79 Å². The number of methoxy groups -OCH3 is 1. The summed E-state index contributed by atoms with van der Waals surface area (Å²) in [4.78, 5) is 11.7. The first-order chi connectivity index (χ1) is 9.20. The third-order valence-corrected chi connectivity index (χ3v) is 4.32. The van der Waals surface area contributed by atoms with E-state index < -0.39 is 0 Å². The lowest BCUT2D eigenvalue weighted by Gasteiger charge is -2.21. The Balaban J connectivity index is 1.81. The molecule has 0 heterocycles. The van der Waals surface area contributed by atoms with Crippen LogP contribution in [0.25, 0.3) is 0 Å². The highest BCUT2D eigenvalue weighted by atomic mass is 16.5. The van der Waals surface area contributed by atoms with Crippen molar-refractivity contribution < 1.29 is 9.53 Å². The minimum absolute atomic E-state index is 0.254. The zero-order valence-electron chi connectivity index (χ0n) is 11.6. The third kappa shape index (κ3) is 2.60. The minimum Gasteiger partial charge on any atom is -0.465 e. The van der Waals surface area contributed by atoms with E-state index in [0.717, 1.165) is 23.1 Å². The number of nitrogens with one attached hydrogen (secondary N) is 1. The number of anilines is 1. The van der Waals surface area contributed by atoms with Crippen molar-refractivity contribution in [2.24, 2.45) is 11.8 Å². The first-order valence-electron chi connectivity index (χ1n) is 7.15. The molecule has 0 saturated heterocycles. The summed E-state index contributed by atoms with van der Waals surface area (Å²) in [5.74, 6) is 1.43. The van der Waals surface area contributed by atoms with Crippen LogP contribution < -0.4 is 5.32 Å². The molecular weight excluding hydrogens is 238 g/mol. The smallest absolute Gasteiger partial charge is 0.338 e. The Morgan fingerprint density at radius 1 is 1.26 bits per heavy atom. The summed E-state index contributed by atoms with van der Waals surface area (Å²) in [5, 5.41) is 3.68. The van der Waals surface area contributed by atoms with E-state index in [2.05, 4.69) is 11.4 Å². The van der Waals surface area contributed by atoms with Crippen molar-refractivity contribution in [1.82, 2.24) is 0 Å². The molecule has 2 saturated carbocycles. The number of hydrogen-bond donors (Lipinski definition) is 1. The standard InChI is InChI=1S/C16H21NO2/c1-10-13(16(18)19-2)4-3-5-14(10)17-15(11-6-7-11)12-8-9-12/h3-5,11-12,15,17H,6-9H2,1-2H3. The molecule has 0 aliphatic heterocycles. The highest BCUT2D eigenvalue weighted by Gasteiger charge is 2.41. The summed E-state index contributed by atoms with van der Waals surface area (Å²) in [6.07, 6.45) is 5.40. The molecule has 1 aromatic rings. The van der Waals surface area contributed by atoms with Gasteiger partial charge in [-0.3, -0.25) is 0 Å². The van der Waals surface area contributed by atoms with E-state index in [1.165, 1.54) is 32.8 Å². The Kier molecular flexibility index (Phi) is 3.21. The second-order valence-corrected chi connectivity index (χ2v) is 5.81. The van der Waals surface area contributed by atoms with Crippen molar-refractivity contribution in [3.63, 3.8) is 0 Å². The Hall–Kier alpha value is -1.51. The van der Waals surface area contributed by atoms with Gasteiger partial charge in [0.05, 0.1) is 12.7 Å². The fourth-order valence-electron chi connectivity index (χ4n) is 2.83. The molecule has 102 valence electrons. The number of rotatable bonds is 5. The van der Waals surface area contributed by atoms with Crippen LogP contribution in [0.15, 0.2) is 18.2 Å². The second-order valence-electron chi connectivity index (χ2n) is 5.81. The molecule has 2 aliphatic rings. The van der Waals surface area contributed by atoms with Crippen molar-refractivity contribution in [3.8, 4) is 0 Å². The number of ether oxygens (including phenoxy) is 1. The second kappa shape index (κ2) is 4.87. The van der Waals surface area contributed by atoms with Gasteiger partial charge >= 0.3 is 5.97 Å². The number of benzene rings is 1. The maximum atomic E-state index is 11.7. The van der Waals surface area contributed by atoms with Crippen molar-refractivity contribution in [2.45, 2.75) is 38.6 Å². The predicted octanol–water partition coefficient (Wildman–Crippen LogP) is 3.38. The van der Waals surface area contributed by atoms with Crippen molar-refractivity contribution in [2.75, 3.05) is 12.4 Å². The van der Waals surface area contributed by atoms with Gasteiger partial charge in [0.2, 0.25) is 0 Å². The van der Waals surface area contributed by atoms with Gasteiger partial charge < -0.3 is 10.1 Å². The molecular formula is C16H21NO2. The Morgan fingerprint density at radius 2 is 1.89 bits per heavy atom. The molecule has 0 spiro atoms. The summed E-state index contributed by atoms with van der Waals surface area (Å²) >= 11 is 0. The number of carbonyl (C=O) groups excluding carboxylic acids is 1. The molecule has 3 rings (SSSR count). The molecule has 3 heteroatoms. The van der Waals surface area contributed by atoms with E-state index in [0.29, 0.717) is 11.6 Å². The molecule has 2 fully saturated rings. The van der Waals surface area contributed by atoms with Crippen LogP contribution in [-0.2, 0) is 4.74 Å². The monoisotopic (exact) mass is 259 g/mol. The van der Waals surface area contributed by atoms with Crippen molar-refractivity contribution >= 4 is 11.7 Å². The van der Waals surface area contributed by atoms with E-state index in [1.807, 2.05) is 19.1 Å². The van der Waals surface area contributed by atoms with E-state index in [1.54, 1.807) is 0 Å². The summed E-state index contributed by atoms with van der Waals surface area (Å²) in [6.45, 7) is 1.99.